The number of alkyl halides is 3. The number of carbonyl (C=O) groups excluding carboxylic acids is 2. The van der Waals surface area contributed by atoms with Crippen LogP contribution in [0.25, 0.3) is 10.8 Å². The number of fused-ring (bicyclic) bond motifs is 3. The molecule has 0 saturated carbocycles. The quantitative estimate of drug-likeness (QED) is 0.276. The lowest BCUT2D eigenvalue weighted by molar-refractivity contribution is -0.170. The molecule has 2 atom stereocenters. The fourth-order valence-electron chi connectivity index (χ4n) is 4.13. The van der Waals surface area contributed by atoms with E-state index in [1.807, 2.05) is 0 Å². The van der Waals surface area contributed by atoms with Crippen LogP contribution in [0.4, 0.5) is 23.7 Å². The maximum Gasteiger partial charge on any atom is 0.412 e. The Bertz CT molecular complexity index is 1280. The zero-order chi connectivity index (χ0) is 24.8. The Morgan fingerprint density at radius 1 is 1.06 bits per heavy atom. The van der Waals surface area contributed by atoms with E-state index in [1.165, 1.54) is 24.3 Å². The third-order valence-electron chi connectivity index (χ3n) is 5.38. The molecule has 0 spiro atoms. The van der Waals surface area contributed by atoms with Crippen molar-refractivity contribution < 1.29 is 32.2 Å². The molecule has 1 heterocycles. The van der Waals surface area contributed by atoms with E-state index >= 15 is 0 Å². The van der Waals surface area contributed by atoms with Crippen molar-refractivity contribution in [3.8, 4) is 5.75 Å². The van der Waals surface area contributed by atoms with Crippen molar-refractivity contribution >= 4 is 44.5 Å². The molecule has 1 N–H and O–H groups in total. The van der Waals surface area contributed by atoms with Gasteiger partial charge < -0.3 is 9.47 Å². The lowest BCUT2D eigenvalue weighted by atomic mass is 9.76. The number of hydrogen-bond acceptors (Lipinski definition) is 4. The maximum absolute atomic E-state index is 14.6. The number of halogens is 4. The van der Waals surface area contributed by atoms with Crippen LogP contribution in [-0.4, -0.2) is 23.8 Å². The second-order valence-corrected chi connectivity index (χ2v) is 9.89. The Morgan fingerprint density at radius 2 is 1.74 bits per heavy atom. The first-order chi connectivity index (χ1) is 15.8. The summed E-state index contributed by atoms with van der Waals surface area (Å²) in [6.45, 7) is 4.99. The first kappa shape index (κ1) is 24.1. The van der Waals surface area contributed by atoms with Gasteiger partial charge in [0, 0.05) is 15.7 Å². The van der Waals surface area contributed by atoms with Crippen LogP contribution < -0.4 is 10.1 Å². The molecule has 3 aromatic carbocycles. The number of hydrogen-bond donors (Lipinski definition) is 1. The fourth-order valence-corrected chi connectivity index (χ4v) is 4.50. The standard InChI is InChI=1S/C25H21BrF3NO4/c1-24(2,3)34-23(32)30-17-7-5-4-6-15(17)20-21(25(27,28)29)19-16-12-14(26)10-8-13(16)9-11-18(19)33-22(20)31/h4-12,20-21H,1-3H3,(H,30,32)/t20-,21+/m0/s1. The molecule has 4 rings (SSSR count). The predicted octanol–water partition coefficient (Wildman–Crippen LogP) is 7.30. The number of nitrogens with one attached hydrogen (secondary N) is 1. The van der Waals surface area contributed by atoms with Gasteiger partial charge in [0.15, 0.2) is 0 Å². The van der Waals surface area contributed by atoms with Gasteiger partial charge in [0.2, 0.25) is 0 Å². The van der Waals surface area contributed by atoms with E-state index < -0.39 is 35.7 Å². The molecule has 0 bridgehead atoms. The average Bonchev–Trinajstić information content (AvgIpc) is 2.71. The molecule has 3 aromatic rings. The van der Waals surface area contributed by atoms with Gasteiger partial charge in [-0.2, -0.15) is 13.2 Å². The number of esters is 1. The SMILES string of the molecule is CC(C)(C)OC(=O)Nc1ccccc1[C@@H]1C(=O)Oc2ccc3ccc(Br)cc3c2[C@H]1C(F)(F)F. The van der Waals surface area contributed by atoms with Gasteiger partial charge in [-0.1, -0.05) is 46.3 Å². The molecule has 0 fully saturated rings. The third kappa shape index (κ3) is 4.75. The summed E-state index contributed by atoms with van der Waals surface area (Å²) in [6.07, 6.45) is -5.63. The minimum atomic E-state index is -4.78. The largest absolute Gasteiger partial charge is 0.444 e. The zero-order valence-electron chi connectivity index (χ0n) is 18.5. The Hall–Kier alpha value is -3.07. The highest BCUT2D eigenvalue weighted by Gasteiger charge is 2.54. The molecule has 1 amide bonds. The molecular formula is C25H21BrF3NO4. The highest BCUT2D eigenvalue weighted by Crippen LogP contribution is 2.54. The van der Waals surface area contributed by atoms with E-state index in [1.54, 1.807) is 51.1 Å². The van der Waals surface area contributed by atoms with Crippen molar-refractivity contribution in [3.05, 3.63) is 70.2 Å². The zero-order valence-corrected chi connectivity index (χ0v) is 20.1. The van der Waals surface area contributed by atoms with E-state index in [-0.39, 0.29) is 22.6 Å². The highest BCUT2D eigenvalue weighted by molar-refractivity contribution is 9.10. The Balaban J connectivity index is 1.88. The molecule has 0 unspecified atom stereocenters. The Morgan fingerprint density at radius 3 is 2.41 bits per heavy atom. The van der Waals surface area contributed by atoms with E-state index in [9.17, 15) is 22.8 Å². The topological polar surface area (TPSA) is 64.6 Å². The van der Waals surface area contributed by atoms with Crippen molar-refractivity contribution in [2.24, 2.45) is 0 Å². The highest BCUT2D eigenvalue weighted by atomic mass is 79.9. The summed E-state index contributed by atoms with van der Waals surface area (Å²) < 4.78 is 55.2. The maximum atomic E-state index is 14.6. The molecule has 34 heavy (non-hydrogen) atoms. The number of benzene rings is 3. The minimum absolute atomic E-state index is 0.0154. The summed E-state index contributed by atoms with van der Waals surface area (Å²) in [4.78, 5) is 25.4. The van der Waals surface area contributed by atoms with Gasteiger partial charge in [-0.05, 0) is 61.4 Å². The minimum Gasteiger partial charge on any atom is -0.444 e. The van der Waals surface area contributed by atoms with E-state index in [4.69, 9.17) is 9.47 Å². The number of amides is 1. The first-order valence-electron chi connectivity index (χ1n) is 10.4. The van der Waals surface area contributed by atoms with Gasteiger partial charge in [0.05, 0.1) is 5.92 Å². The van der Waals surface area contributed by atoms with Crippen LogP contribution in [0, 0.1) is 0 Å². The van der Waals surface area contributed by atoms with Crippen molar-refractivity contribution in [2.75, 3.05) is 5.32 Å². The molecule has 1 aliphatic heterocycles. The van der Waals surface area contributed by atoms with Crippen LogP contribution in [0.1, 0.15) is 43.7 Å². The normalized spacial score (nSPS) is 18.3. The van der Waals surface area contributed by atoms with Gasteiger partial charge in [0.1, 0.15) is 17.3 Å². The number of ether oxygens (including phenoxy) is 2. The van der Waals surface area contributed by atoms with E-state index in [2.05, 4.69) is 21.2 Å². The summed E-state index contributed by atoms with van der Waals surface area (Å²) in [5, 5.41) is 3.38. The monoisotopic (exact) mass is 535 g/mol. The van der Waals surface area contributed by atoms with Crippen LogP contribution in [0.3, 0.4) is 0 Å². The van der Waals surface area contributed by atoms with Crippen LogP contribution in [0.2, 0.25) is 0 Å². The molecule has 178 valence electrons. The Kier molecular flexibility index (Phi) is 6.10. The molecular weight excluding hydrogens is 515 g/mol. The lowest BCUT2D eigenvalue weighted by Gasteiger charge is -2.35. The van der Waals surface area contributed by atoms with Crippen LogP contribution >= 0.6 is 15.9 Å². The number of anilines is 1. The number of carbonyl (C=O) groups is 2. The fraction of sp³-hybridized carbons (Fsp3) is 0.280. The smallest absolute Gasteiger partial charge is 0.412 e. The molecule has 1 aliphatic rings. The summed E-state index contributed by atoms with van der Waals surface area (Å²) >= 11 is 3.31. The van der Waals surface area contributed by atoms with E-state index in [0.29, 0.717) is 15.2 Å². The van der Waals surface area contributed by atoms with Crippen LogP contribution in [-0.2, 0) is 9.53 Å². The average molecular weight is 536 g/mol. The van der Waals surface area contributed by atoms with Crippen molar-refractivity contribution in [3.63, 3.8) is 0 Å². The number of rotatable bonds is 2. The first-order valence-corrected chi connectivity index (χ1v) is 11.2. The van der Waals surface area contributed by atoms with Crippen molar-refractivity contribution in [1.29, 1.82) is 0 Å². The summed E-state index contributed by atoms with van der Waals surface area (Å²) in [5.41, 5.74) is -0.915. The molecule has 5 nitrogen and oxygen atoms in total. The molecule has 0 aliphatic carbocycles. The second-order valence-electron chi connectivity index (χ2n) is 8.98. The summed E-state index contributed by atoms with van der Waals surface area (Å²) in [5.74, 6) is -5.11. The van der Waals surface area contributed by atoms with Gasteiger partial charge >= 0.3 is 18.2 Å². The Labute approximate surface area is 202 Å². The van der Waals surface area contributed by atoms with Gasteiger partial charge in [-0.3, -0.25) is 10.1 Å². The molecule has 0 saturated heterocycles. The second kappa shape index (κ2) is 8.61. The molecule has 0 aromatic heterocycles. The summed E-state index contributed by atoms with van der Waals surface area (Å²) in [6, 6.07) is 13.8. The predicted molar refractivity (Wildman–Crippen MR) is 125 cm³/mol. The third-order valence-corrected chi connectivity index (χ3v) is 5.87. The van der Waals surface area contributed by atoms with Gasteiger partial charge in [0.25, 0.3) is 0 Å². The van der Waals surface area contributed by atoms with Gasteiger partial charge in [-0.25, -0.2) is 4.79 Å². The van der Waals surface area contributed by atoms with E-state index in [0.717, 1.165) is 0 Å². The van der Waals surface area contributed by atoms with Crippen LogP contribution in [0.15, 0.2) is 59.1 Å². The lowest BCUT2D eigenvalue weighted by Crippen LogP contribution is -2.38. The van der Waals surface area contributed by atoms with Crippen molar-refractivity contribution in [2.45, 2.75) is 44.4 Å². The molecule has 9 heteroatoms. The van der Waals surface area contributed by atoms with Gasteiger partial charge in [-0.15, -0.1) is 0 Å². The number of para-hydroxylation sites is 1. The van der Waals surface area contributed by atoms with Crippen molar-refractivity contribution in [1.82, 2.24) is 0 Å². The molecule has 0 radical (unpaired) electrons. The van der Waals surface area contributed by atoms with Crippen LogP contribution in [0.5, 0.6) is 5.75 Å². The summed E-state index contributed by atoms with van der Waals surface area (Å²) in [7, 11) is 0.